The molecule has 0 bridgehead atoms. The number of aromatic nitrogens is 1. The number of hydrogen-bond donors (Lipinski definition) is 2. The molecule has 1 unspecified atom stereocenters. The highest BCUT2D eigenvalue weighted by Crippen LogP contribution is 2.20. The first kappa shape index (κ1) is 12.6. The molecule has 1 amide bonds. The van der Waals surface area contributed by atoms with Crippen LogP contribution in [0.15, 0.2) is 24.5 Å². The first-order valence-corrected chi connectivity index (χ1v) is 5.67. The minimum atomic E-state index is -0.105. The van der Waals surface area contributed by atoms with E-state index in [1.54, 1.807) is 12.4 Å². The minimum absolute atomic E-state index is 0.0714. The van der Waals surface area contributed by atoms with Crippen LogP contribution in [0.1, 0.15) is 31.2 Å². The third-order valence-corrected chi connectivity index (χ3v) is 2.47. The van der Waals surface area contributed by atoms with Gasteiger partial charge in [0.05, 0.1) is 5.92 Å². The Morgan fingerprint density at radius 3 is 2.75 bits per heavy atom. The van der Waals surface area contributed by atoms with E-state index in [0.29, 0.717) is 13.1 Å². The standard InChI is InChI=1S/C12H19N3O/c1-2-15-12(16)11(4-3-7-13)10-5-8-14-9-6-10/h5-6,8-9,11H,2-4,7,13H2,1H3,(H,15,16). The number of nitrogens with zero attached hydrogens (tertiary/aromatic N) is 1. The number of nitrogens with one attached hydrogen (secondary N) is 1. The fourth-order valence-electron chi connectivity index (χ4n) is 1.66. The van der Waals surface area contributed by atoms with Crippen LogP contribution in [0, 0.1) is 0 Å². The number of hydrogen-bond acceptors (Lipinski definition) is 3. The Hall–Kier alpha value is -1.42. The summed E-state index contributed by atoms with van der Waals surface area (Å²) in [6.45, 7) is 3.19. The summed E-state index contributed by atoms with van der Waals surface area (Å²) in [5.74, 6) is -0.0337. The highest BCUT2D eigenvalue weighted by molar-refractivity contribution is 5.83. The lowest BCUT2D eigenvalue weighted by atomic mass is 9.94. The molecule has 1 aromatic heterocycles. The van der Waals surface area contributed by atoms with Gasteiger partial charge in [-0.15, -0.1) is 0 Å². The smallest absolute Gasteiger partial charge is 0.227 e. The van der Waals surface area contributed by atoms with Gasteiger partial charge in [-0.1, -0.05) is 0 Å². The topological polar surface area (TPSA) is 68.0 Å². The highest BCUT2D eigenvalue weighted by Gasteiger charge is 2.18. The van der Waals surface area contributed by atoms with E-state index in [0.717, 1.165) is 18.4 Å². The molecule has 4 heteroatoms. The van der Waals surface area contributed by atoms with Crippen LogP contribution in [-0.4, -0.2) is 24.0 Å². The van der Waals surface area contributed by atoms with Gasteiger partial charge in [-0.3, -0.25) is 9.78 Å². The molecule has 16 heavy (non-hydrogen) atoms. The van der Waals surface area contributed by atoms with Crippen molar-refractivity contribution < 1.29 is 4.79 Å². The van der Waals surface area contributed by atoms with Crippen molar-refractivity contribution in [2.24, 2.45) is 5.73 Å². The second-order valence-electron chi connectivity index (χ2n) is 3.66. The molecule has 0 radical (unpaired) electrons. The molecule has 0 fully saturated rings. The van der Waals surface area contributed by atoms with Gasteiger partial charge in [0.25, 0.3) is 0 Å². The van der Waals surface area contributed by atoms with Gasteiger partial charge in [-0.25, -0.2) is 0 Å². The maximum Gasteiger partial charge on any atom is 0.227 e. The van der Waals surface area contributed by atoms with E-state index in [1.165, 1.54) is 0 Å². The summed E-state index contributed by atoms with van der Waals surface area (Å²) in [5, 5.41) is 2.85. The monoisotopic (exact) mass is 221 g/mol. The summed E-state index contributed by atoms with van der Waals surface area (Å²) in [4.78, 5) is 15.8. The van der Waals surface area contributed by atoms with Gasteiger partial charge in [0.2, 0.25) is 5.91 Å². The molecular weight excluding hydrogens is 202 g/mol. The van der Waals surface area contributed by atoms with Gasteiger partial charge in [-0.05, 0) is 44.0 Å². The lowest BCUT2D eigenvalue weighted by Gasteiger charge is -2.16. The molecule has 0 aliphatic heterocycles. The van der Waals surface area contributed by atoms with E-state index in [9.17, 15) is 4.79 Å². The lowest BCUT2D eigenvalue weighted by molar-refractivity contribution is -0.122. The molecule has 1 heterocycles. The maximum absolute atomic E-state index is 11.9. The van der Waals surface area contributed by atoms with E-state index < -0.39 is 0 Å². The Morgan fingerprint density at radius 1 is 1.50 bits per heavy atom. The highest BCUT2D eigenvalue weighted by atomic mass is 16.1. The summed E-state index contributed by atoms with van der Waals surface area (Å²) in [5.41, 5.74) is 6.49. The average Bonchev–Trinajstić information content (AvgIpc) is 2.31. The van der Waals surface area contributed by atoms with Gasteiger partial charge in [0, 0.05) is 18.9 Å². The van der Waals surface area contributed by atoms with Crippen molar-refractivity contribution in [2.45, 2.75) is 25.7 Å². The van der Waals surface area contributed by atoms with Gasteiger partial charge < -0.3 is 11.1 Å². The zero-order valence-corrected chi connectivity index (χ0v) is 9.65. The van der Waals surface area contributed by atoms with Crippen molar-refractivity contribution in [3.05, 3.63) is 30.1 Å². The zero-order chi connectivity index (χ0) is 11.8. The van der Waals surface area contributed by atoms with E-state index >= 15 is 0 Å². The van der Waals surface area contributed by atoms with E-state index in [-0.39, 0.29) is 11.8 Å². The van der Waals surface area contributed by atoms with Crippen LogP contribution < -0.4 is 11.1 Å². The molecule has 0 aliphatic carbocycles. The van der Waals surface area contributed by atoms with Gasteiger partial charge in [0.15, 0.2) is 0 Å². The van der Waals surface area contributed by atoms with Crippen LogP contribution in [0.5, 0.6) is 0 Å². The van der Waals surface area contributed by atoms with Gasteiger partial charge in [-0.2, -0.15) is 0 Å². The first-order valence-electron chi connectivity index (χ1n) is 5.67. The molecule has 0 aromatic carbocycles. The molecule has 1 atom stereocenters. The second-order valence-corrected chi connectivity index (χ2v) is 3.66. The fourth-order valence-corrected chi connectivity index (χ4v) is 1.66. The van der Waals surface area contributed by atoms with Crippen molar-refractivity contribution >= 4 is 5.91 Å². The molecule has 0 saturated carbocycles. The molecule has 88 valence electrons. The summed E-state index contributed by atoms with van der Waals surface area (Å²) >= 11 is 0. The van der Waals surface area contributed by atoms with Crippen LogP contribution in [0.25, 0.3) is 0 Å². The molecule has 0 saturated heterocycles. The summed E-state index contributed by atoms with van der Waals surface area (Å²) in [6, 6.07) is 3.77. The molecule has 1 aromatic rings. The number of amides is 1. The van der Waals surface area contributed by atoms with Crippen LogP contribution in [-0.2, 0) is 4.79 Å². The Bertz CT molecular complexity index is 313. The average molecular weight is 221 g/mol. The fraction of sp³-hybridized carbons (Fsp3) is 0.500. The third kappa shape index (κ3) is 3.62. The van der Waals surface area contributed by atoms with Gasteiger partial charge >= 0.3 is 0 Å². The largest absolute Gasteiger partial charge is 0.356 e. The van der Waals surface area contributed by atoms with Gasteiger partial charge in [0.1, 0.15) is 0 Å². The minimum Gasteiger partial charge on any atom is -0.356 e. The van der Waals surface area contributed by atoms with E-state index in [4.69, 9.17) is 5.73 Å². The predicted octanol–water partition coefficient (Wildman–Crippen LogP) is 1.04. The third-order valence-electron chi connectivity index (χ3n) is 2.47. The quantitative estimate of drug-likeness (QED) is 0.754. The van der Waals surface area contributed by atoms with Crippen LogP contribution in [0.2, 0.25) is 0 Å². The molecule has 0 spiro atoms. The number of likely N-dealkylation sites (N-methyl/N-ethyl adjacent to an activating group) is 1. The Balaban J connectivity index is 2.74. The summed E-state index contributed by atoms with van der Waals surface area (Å²) in [6.07, 6.45) is 5.06. The number of rotatable bonds is 6. The maximum atomic E-state index is 11.9. The Kier molecular flexibility index (Phi) is 5.50. The molecule has 1 rings (SSSR count). The summed E-state index contributed by atoms with van der Waals surface area (Å²) < 4.78 is 0. The van der Waals surface area contributed by atoms with Crippen molar-refractivity contribution in [1.82, 2.24) is 10.3 Å². The SMILES string of the molecule is CCNC(=O)C(CCCN)c1ccncc1. The molecular formula is C12H19N3O. The zero-order valence-electron chi connectivity index (χ0n) is 9.65. The number of carbonyl (C=O) groups is 1. The molecule has 4 nitrogen and oxygen atoms in total. The summed E-state index contributed by atoms with van der Waals surface area (Å²) in [7, 11) is 0. The predicted molar refractivity (Wildman–Crippen MR) is 64.0 cm³/mol. The normalized spacial score (nSPS) is 12.1. The lowest BCUT2D eigenvalue weighted by Crippen LogP contribution is -2.29. The van der Waals surface area contributed by atoms with Crippen molar-refractivity contribution in [3.8, 4) is 0 Å². The Morgan fingerprint density at radius 2 is 2.19 bits per heavy atom. The number of carbonyl (C=O) groups excluding carboxylic acids is 1. The molecule has 3 N–H and O–H groups in total. The number of pyridine rings is 1. The van der Waals surface area contributed by atoms with Crippen LogP contribution >= 0.6 is 0 Å². The van der Waals surface area contributed by atoms with E-state index in [2.05, 4.69) is 10.3 Å². The van der Waals surface area contributed by atoms with Crippen molar-refractivity contribution in [1.29, 1.82) is 0 Å². The number of nitrogens with two attached hydrogens (primary N) is 1. The Labute approximate surface area is 96.3 Å². The van der Waals surface area contributed by atoms with E-state index in [1.807, 2.05) is 19.1 Å². The van der Waals surface area contributed by atoms with Crippen LogP contribution in [0.3, 0.4) is 0 Å². The van der Waals surface area contributed by atoms with Crippen molar-refractivity contribution in [2.75, 3.05) is 13.1 Å². The second kappa shape index (κ2) is 6.95. The first-order chi connectivity index (χ1) is 7.79. The van der Waals surface area contributed by atoms with Crippen molar-refractivity contribution in [3.63, 3.8) is 0 Å². The van der Waals surface area contributed by atoms with Crippen LogP contribution in [0.4, 0.5) is 0 Å². The molecule has 0 aliphatic rings.